The SMILES string of the molecule is CC(C)(C)OC(=O)N1Cc2c(oc3c(Cl)cc(S(=O)(=O)c4ccccc4)cc23)CC1CO. The maximum atomic E-state index is 13.1. The normalized spacial score (nSPS) is 16.8. The Balaban J connectivity index is 1.80. The van der Waals surface area contributed by atoms with Crippen molar-refractivity contribution in [2.75, 3.05) is 6.61 Å². The zero-order valence-corrected chi connectivity index (χ0v) is 19.5. The number of hydrogen-bond acceptors (Lipinski definition) is 6. The van der Waals surface area contributed by atoms with Crippen molar-refractivity contribution in [3.8, 4) is 0 Å². The molecule has 1 aliphatic heterocycles. The molecule has 0 fully saturated rings. The fourth-order valence-electron chi connectivity index (χ4n) is 3.78. The number of sulfone groups is 1. The van der Waals surface area contributed by atoms with Crippen LogP contribution in [-0.2, 0) is 27.5 Å². The summed E-state index contributed by atoms with van der Waals surface area (Å²) in [5.41, 5.74) is 0.310. The monoisotopic (exact) mass is 477 g/mol. The Morgan fingerprint density at radius 2 is 1.91 bits per heavy atom. The molecule has 0 bridgehead atoms. The number of amides is 1. The van der Waals surface area contributed by atoms with E-state index in [4.69, 9.17) is 20.8 Å². The second-order valence-electron chi connectivity index (χ2n) is 8.75. The van der Waals surface area contributed by atoms with Gasteiger partial charge in [-0.25, -0.2) is 13.2 Å². The summed E-state index contributed by atoms with van der Waals surface area (Å²) in [6.45, 7) is 5.14. The molecular formula is C23H24ClNO6S. The van der Waals surface area contributed by atoms with Crippen molar-refractivity contribution in [2.24, 2.45) is 0 Å². The van der Waals surface area contributed by atoms with E-state index >= 15 is 0 Å². The predicted octanol–water partition coefficient (Wildman–Crippen LogP) is 4.57. The molecule has 0 radical (unpaired) electrons. The second-order valence-corrected chi connectivity index (χ2v) is 11.1. The van der Waals surface area contributed by atoms with Gasteiger partial charge in [-0.2, -0.15) is 0 Å². The molecular weight excluding hydrogens is 454 g/mol. The molecule has 0 spiro atoms. The number of nitrogens with zero attached hydrogens (tertiary/aromatic N) is 1. The van der Waals surface area contributed by atoms with Crippen molar-refractivity contribution in [1.29, 1.82) is 0 Å². The quantitative estimate of drug-likeness (QED) is 0.593. The average molecular weight is 478 g/mol. The van der Waals surface area contributed by atoms with Gasteiger partial charge in [-0.3, -0.25) is 4.90 Å². The molecule has 1 aliphatic rings. The van der Waals surface area contributed by atoms with Gasteiger partial charge in [-0.1, -0.05) is 29.8 Å². The summed E-state index contributed by atoms with van der Waals surface area (Å²) in [5.74, 6) is 0.565. The number of ether oxygens (including phenoxy) is 1. The lowest BCUT2D eigenvalue weighted by Crippen LogP contribution is -2.47. The van der Waals surface area contributed by atoms with Gasteiger partial charge in [-0.05, 0) is 45.0 Å². The smallest absolute Gasteiger partial charge is 0.410 e. The van der Waals surface area contributed by atoms with Gasteiger partial charge in [0.15, 0.2) is 5.58 Å². The van der Waals surface area contributed by atoms with Gasteiger partial charge in [0, 0.05) is 17.4 Å². The van der Waals surface area contributed by atoms with E-state index in [2.05, 4.69) is 0 Å². The van der Waals surface area contributed by atoms with Gasteiger partial charge in [0.2, 0.25) is 9.84 Å². The van der Waals surface area contributed by atoms with E-state index < -0.39 is 27.6 Å². The fraction of sp³-hybridized carbons (Fsp3) is 0.348. The number of fused-ring (bicyclic) bond motifs is 3. The first-order valence-corrected chi connectivity index (χ1v) is 12.0. The largest absolute Gasteiger partial charge is 0.459 e. The Labute approximate surface area is 191 Å². The third-order valence-corrected chi connectivity index (χ3v) is 7.33. The van der Waals surface area contributed by atoms with Gasteiger partial charge in [0.25, 0.3) is 0 Å². The van der Waals surface area contributed by atoms with Crippen molar-refractivity contribution in [2.45, 2.75) is 55.2 Å². The predicted molar refractivity (Wildman–Crippen MR) is 119 cm³/mol. The molecule has 4 rings (SSSR count). The van der Waals surface area contributed by atoms with Gasteiger partial charge >= 0.3 is 6.09 Å². The van der Waals surface area contributed by atoms with Crippen LogP contribution in [0.3, 0.4) is 0 Å². The van der Waals surface area contributed by atoms with Crippen LogP contribution in [0.15, 0.2) is 56.7 Å². The lowest BCUT2D eigenvalue weighted by Gasteiger charge is -2.35. The van der Waals surface area contributed by atoms with Crippen molar-refractivity contribution in [3.05, 3.63) is 58.8 Å². The lowest BCUT2D eigenvalue weighted by atomic mass is 9.99. The van der Waals surface area contributed by atoms with Crippen molar-refractivity contribution >= 4 is 38.5 Å². The first kappa shape index (κ1) is 22.6. The Kier molecular flexibility index (Phi) is 5.73. The summed E-state index contributed by atoms with van der Waals surface area (Å²) in [6, 6.07) is 10.5. The molecule has 32 heavy (non-hydrogen) atoms. The topological polar surface area (TPSA) is 97.0 Å². The van der Waals surface area contributed by atoms with E-state index in [1.165, 1.54) is 29.2 Å². The van der Waals surface area contributed by atoms with Crippen molar-refractivity contribution in [1.82, 2.24) is 4.90 Å². The summed E-state index contributed by atoms with van der Waals surface area (Å²) >= 11 is 6.42. The summed E-state index contributed by atoms with van der Waals surface area (Å²) in [5, 5.41) is 10.5. The molecule has 2 aromatic carbocycles. The number of hydrogen-bond donors (Lipinski definition) is 1. The highest BCUT2D eigenvalue weighted by atomic mass is 35.5. The highest BCUT2D eigenvalue weighted by Gasteiger charge is 2.36. The first-order chi connectivity index (χ1) is 15.0. The maximum absolute atomic E-state index is 13.1. The lowest BCUT2D eigenvalue weighted by molar-refractivity contribution is 0.00370. The molecule has 1 N–H and O–H groups in total. The highest BCUT2D eigenvalue weighted by Crippen LogP contribution is 2.39. The van der Waals surface area contributed by atoms with Crippen LogP contribution in [0.2, 0.25) is 5.02 Å². The number of carbonyl (C=O) groups excluding carboxylic acids is 1. The zero-order valence-electron chi connectivity index (χ0n) is 18.0. The fourth-order valence-corrected chi connectivity index (χ4v) is 5.44. The van der Waals surface area contributed by atoms with E-state index in [0.717, 1.165) is 0 Å². The van der Waals surface area contributed by atoms with E-state index in [9.17, 15) is 18.3 Å². The van der Waals surface area contributed by atoms with E-state index in [1.807, 2.05) is 0 Å². The van der Waals surface area contributed by atoms with Crippen LogP contribution in [-0.4, -0.2) is 42.8 Å². The number of furan rings is 1. The number of benzene rings is 2. The van der Waals surface area contributed by atoms with Crippen molar-refractivity contribution in [3.63, 3.8) is 0 Å². The average Bonchev–Trinajstić information content (AvgIpc) is 3.10. The van der Waals surface area contributed by atoms with Crippen LogP contribution in [0, 0.1) is 0 Å². The number of carbonyl (C=O) groups is 1. The Bertz CT molecular complexity index is 1280. The second kappa shape index (κ2) is 8.10. The molecule has 1 amide bonds. The van der Waals surface area contributed by atoms with Gasteiger partial charge in [-0.15, -0.1) is 0 Å². The molecule has 3 aromatic rings. The maximum Gasteiger partial charge on any atom is 0.410 e. The molecule has 170 valence electrons. The van der Waals surface area contributed by atoms with Crippen LogP contribution in [0.1, 0.15) is 32.1 Å². The third kappa shape index (κ3) is 4.10. The molecule has 0 aliphatic carbocycles. The molecule has 9 heteroatoms. The molecule has 0 saturated heterocycles. The summed E-state index contributed by atoms with van der Waals surface area (Å²) in [6.07, 6.45) is -0.299. The molecule has 0 saturated carbocycles. The van der Waals surface area contributed by atoms with Gasteiger partial charge in [0.05, 0.1) is 34.0 Å². The first-order valence-electron chi connectivity index (χ1n) is 10.2. The van der Waals surface area contributed by atoms with E-state index in [1.54, 1.807) is 39.0 Å². The summed E-state index contributed by atoms with van der Waals surface area (Å²) < 4.78 is 37.7. The summed E-state index contributed by atoms with van der Waals surface area (Å²) in [7, 11) is -3.80. The number of rotatable bonds is 3. The minimum Gasteiger partial charge on any atom is -0.459 e. The van der Waals surface area contributed by atoms with Gasteiger partial charge in [0.1, 0.15) is 11.4 Å². The molecule has 1 unspecified atom stereocenters. The zero-order chi connectivity index (χ0) is 23.3. The van der Waals surface area contributed by atoms with Crippen LogP contribution >= 0.6 is 11.6 Å². The minimum atomic E-state index is -3.80. The van der Waals surface area contributed by atoms with Crippen molar-refractivity contribution < 1.29 is 27.5 Å². The number of halogens is 1. The molecule has 2 heterocycles. The molecule has 1 aromatic heterocycles. The van der Waals surface area contributed by atoms with E-state index in [-0.39, 0.29) is 34.4 Å². The van der Waals surface area contributed by atoms with Crippen LogP contribution in [0.5, 0.6) is 0 Å². The van der Waals surface area contributed by atoms with Crippen LogP contribution < -0.4 is 0 Å². The van der Waals surface area contributed by atoms with E-state index in [0.29, 0.717) is 22.3 Å². The van der Waals surface area contributed by atoms with Crippen LogP contribution in [0.25, 0.3) is 11.0 Å². The number of aliphatic hydroxyl groups is 1. The molecule has 1 atom stereocenters. The van der Waals surface area contributed by atoms with Crippen LogP contribution in [0.4, 0.5) is 4.79 Å². The summed E-state index contributed by atoms with van der Waals surface area (Å²) in [4.78, 5) is 14.4. The highest BCUT2D eigenvalue weighted by molar-refractivity contribution is 7.91. The Morgan fingerprint density at radius 1 is 1.22 bits per heavy atom. The van der Waals surface area contributed by atoms with Gasteiger partial charge < -0.3 is 14.3 Å². The standard InChI is InChI=1S/C23H24ClNO6S/c1-23(2,3)31-22(27)25-12-18-17-10-16(32(28,29)15-7-5-4-6-8-15)11-19(24)21(17)30-20(18)9-14(25)13-26/h4-8,10-11,14,26H,9,12-13H2,1-3H3. The Morgan fingerprint density at radius 3 is 2.53 bits per heavy atom. The number of aliphatic hydroxyl groups excluding tert-OH is 1. The molecule has 7 nitrogen and oxygen atoms in total. The third-order valence-electron chi connectivity index (χ3n) is 5.30. The Hall–Kier alpha value is -2.55. The minimum absolute atomic E-state index is 0.0397.